The normalized spacial score (nSPS) is 16.2. The highest BCUT2D eigenvalue weighted by molar-refractivity contribution is 5.88. The fourth-order valence-corrected chi connectivity index (χ4v) is 2.58. The molecule has 0 saturated carbocycles. The van der Waals surface area contributed by atoms with Crippen LogP contribution in [0.5, 0.6) is 5.75 Å². The van der Waals surface area contributed by atoms with E-state index >= 15 is 0 Å². The Kier molecular flexibility index (Phi) is 3.68. The number of phenols is 1. The predicted octanol–water partition coefficient (Wildman–Crippen LogP) is 1.25. The summed E-state index contributed by atoms with van der Waals surface area (Å²) in [6, 6.07) is 4.86. The van der Waals surface area contributed by atoms with Gasteiger partial charge in [-0.3, -0.25) is 20.0 Å². The summed E-state index contributed by atoms with van der Waals surface area (Å²) in [5, 5.41) is 24.7. The largest absolute Gasteiger partial charge is 0.501 e. The molecule has 21 heavy (non-hydrogen) atoms. The van der Waals surface area contributed by atoms with Gasteiger partial charge >= 0.3 is 5.69 Å². The number of nitrogens with zero attached hydrogens (tertiary/aromatic N) is 3. The molecule has 1 saturated heterocycles. The lowest BCUT2D eigenvalue weighted by Gasteiger charge is -2.27. The van der Waals surface area contributed by atoms with Crippen LogP contribution in [-0.4, -0.2) is 46.1 Å². The number of nitro benzene ring substituents is 1. The van der Waals surface area contributed by atoms with Gasteiger partial charge in [0.15, 0.2) is 0 Å². The van der Waals surface area contributed by atoms with Gasteiger partial charge < -0.3 is 10.4 Å². The Morgan fingerprint density at radius 2 is 2.14 bits per heavy atom. The van der Waals surface area contributed by atoms with Crippen molar-refractivity contribution in [1.29, 1.82) is 0 Å². The summed E-state index contributed by atoms with van der Waals surface area (Å²) in [5.74, 6) is -0.369. The van der Waals surface area contributed by atoms with Gasteiger partial charge in [0.25, 0.3) is 0 Å². The number of hydrogen-bond acceptors (Lipinski definition) is 6. The van der Waals surface area contributed by atoms with Gasteiger partial charge in [-0.1, -0.05) is 0 Å². The Morgan fingerprint density at radius 1 is 1.38 bits per heavy atom. The molecule has 2 aromatic rings. The average molecular weight is 288 g/mol. The molecule has 7 heteroatoms. The maximum absolute atomic E-state index is 10.8. The van der Waals surface area contributed by atoms with Gasteiger partial charge in [0.2, 0.25) is 5.75 Å². The second-order valence-corrected chi connectivity index (χ2v) is 5.13. The van der Waals surface area contributed by atoms with Crippen molar-refractivity contribution < 1.29 is 10.0 Å². The molecule has 110 valence electrons. The van der Waals surface area contributed by atoms with E-state index in [9.17, 15) is 15.2 Å². The lowest BCUT2D eigenvalue weighted by molar-refractivity contribution is -0.385. The fourth-order valence-electron chi connectivity index (χ4n) is 2.58. The number of nitro groups is 1. The van der Waals surface area contributed by atoms with Gasteiger partial charge in [-0.15, -0.1) is 0 Å². The molecular weight excluding hydrogens is 272 g/mol. The molecule has 1 aromatic carbocycles. The van der Waals surface area contributed by atoms with Crippen molar-refractivity contribution in [2.75, 3.05) is 26.2 Å². The number of pyridine rings is 1. The van der Waals surface area contributed by atoms with E-state index in [4.69, 9.17) is 0 Å². The molecule has 1 aromatic heterocycles. The lowest BCUT2D eigenvalue weighted by Crippen LogP contribution is -2.42. The molecular formula is C14H16N4O3. The third kappa shape index (κ3) is 2.79. The van der Waals surface area contributed by atoms with Crippen LogP contribution in [-0.2, 0) is 6.54 Å². The Hall–Kier alpha value is -2.25. The number of fused-ring (bicyclic) bond motifs is 1. The Morgan fingerprint density at radius 3 is 2.86 bits per heavy atom. The third-order valence-corrected chi connectivity index (χ3v) is 3.67. The Labute approximate surface area is 121 Å². The minimum Gasteiger partial charge on any atom is -0.501 e. The second-order valence-electron chi connectivity index (χ2n) is 5.13. The zero-order valence-corrected chi connectivity index (χ0v) is 11.5. The van der Waals surface area contributed by atoms with Crippen LogP contribution < -0.4 is 5.32 Å². The SMILES string of the molecule is O=[N+]([O-])c1ccc2cc(CN3CCNCC3)cnc2c1O. The molecule has 7 nitrogen and oxygen atoms in total. The fraction of sp³-hybridized carbons (Fsp3) is 0.357. The van der Waals surface area contributed by atoms with Crippen LogP contribution >= 0.6 is 0 Å². The number of aromatic hydroxyl groups is 1. The smallest absolute Gasteiger partial charge is 0.313 e. The molecule has 3 rings (SSSR count). The van der Waals surface area contributed by atoms with Crippen molar-refractivity contribution >= 4 is 16.6 Å². The summed E-state index contributed by atoms with van der Waals surface area (Å²) in [4.78, 5) is 16.7. The molecule has 1 aliphatic heterocycles. The van der Waals surface area contributed by atoms with Crippen molar-refractivity contribution in [3.8, 4) is 5.75 Å². The van der Waals surface area contributed by atoms with Gasteiger partial charge in [-0.2, -0.15) is 0 Å². The first-order valence-corrected chi connectivity index (χ1v) is 6.83. The van der Waals surface area contributed by atoms with E-state index in [0.717, 1.165) is 38.3 Å². The van der Waals surface area contributed by atoms with Crippen molar-refractivity contribution in [3.05, 3.63) is 40.1 Å². The number of aromatic nitrogens is 1. The number of piperazine rings is 1. The average Bonchev–Trinajstić information content (AvgIpc) is 2.48. The van der Waals surface area contributed by atoms with E-state index in [1.807, 2.05) is 6.07 Å². The monoisotopic (exact) mass is 288 g/mol. The summed E-state index contributed by atoms with van der Waals surface area (Å²) >= 11 is 0. The van der Waals surface area contributed by atoms with E-state index in [1.54, 1.807) is 12.3 Å². The molecule has 0 spiro atoms. The zero-order valence-electron chi connectivity index (χ0n) is 11.5. The van der Waals surface area contributed by atoms with Gasteiger partial charge in [-0.25, -0.2) is 0 Å². The van der Waals surface area contributed by atoms with E-state index < -0.39 is 4.92 Å². The van der Waals surface area contributed by atoms with Crippen LogP contribution in [0.2, 0.25) is 0 Å². The first kappa shape index (κ1) is 13.7. The van der Waals surface area contributed by atoms with Crippen LogP contribution in [0.25, 0.3) is 10.9 Å². The first-order chi connectivity index (χ1) is 10.1. The second kappa shape index (κ2) is 5.63. The van der Waals surface area contributed by atoms with Gasteiger partial charge in [0.1, 0.15) is 5.52 Å². The van der Waals surface area contributed by atoms with Gasteiger partial charge in [0.05, 0.1) is 4.92 Å². The highest BCUT2D eigenvalue weighted by Crippen LogP contribution is 2.32. The maximum Gasteiger partial charge on any atom is 0.313 e. The summed E-state index contributed by atoms with van der Waals surface area (Å²) < 4.78 is 0. The minimum absolute atomic E-state index is 0.272. The summed E-state index contributed by atoms with van der Waals surface area (Å²) in [7, 11) is 0. The van der Waals surface area contributed by atoms with Gasteiger partial charge in [0, 0.05) is 50.4 Å². The number of benzene rings is 1. The lowest BCUT2D eigenvalue weighted by atomic mass is 10.1. The molecule has 0 radical (unpaired) electrons. The number of nitrogens with one attached hydrogen (secondary N) is 1. The number of phenolic OH excluding ortho intramolecular Hbond substituents is 1. The van der Waals surface area contributed by atoms with Crippen LogP contribution in [0.15, 0.2) is 24.4 Å². The van der Waals surface area contributed by atoms with Crippen molar-refractivity contribution in [1.82, 2.24) is 15.2 Å². The van der Waals surface area contributed by atoms with Crippen molar-refractivity contribution in [3.63, 3.8) is 0 Å². The highest BCUT2D eigenvalue weighted by atomic mass is 16.6. The Balaban J connectivity index is 1.90. The minimum atomic E-state index is -0.606. The topological polar surface area (TPSA) is 91.5 Å². The molecule has 2 N–H and O–H groups in total. The van der Waals surface area contributed by atoms with Crippen LogP contribution in [0.1, 0.15) is 5.56 Å². The summed E-state index contributed by atoms with van der Waals surface area (Å²) in [5.41, 5.74) is 0.996. The molecule has 0 amide bonds. The zero-order chi connectivity index (χ0) is 14.8. The molecule has 0 bridgehead atoms. The van der Waals surface area contributed by atoms with E-state index in [2.05, 4.69) is 15.2 Å². The summed E-state index contributed by atoms with van der Waals surface area (Å²) in [6.07, 6.45) is 1.67. The molecule has 0 aliphatic carbocycles. The third-order valence-electron chi connectivity index (χ3n) is 3.67. The number of hydrogen-bond donors (Lipinski definition) is 2. The predicted molar refractivity (Wildman–Crippen MR) is 78.2 cm³/mol. The van der Waals surface area contributed by atoms with E-state index in [1.165, 1.54) is 6.07 Å². The van der Waals surface area contributed by atoms with Crippen LogP contribution in [0.4, 0.5) is 5.69 Å². The maximum atomic E-state index is 10.8. The van der Waals surface area contributed by atoms with Crippen LogP contribution in [0, 0.1) is 10.1 Å². The first-order valence-electron chi connectivity index (χ1n) is 6.83. The molecule has 0 atom stereocenters. The quantitative estimate of drug-likeness (QED) is 0.652. The van der Waals surface area contributed by atoms with Gasteiger partial charge in [-0.05, 0) is 17.7 Å². The van der Waals surface area contributed by atoms with Crippen molar-refractivity contribution in [2.24, 2.45) is 0 Å². The number of rotatable bonds is 3. The Bertz CT molecular complexity index is 683. The van der Waals surface area contributed by atoms with E-state index in [-0.39, 0.29) is 17.0 Å². The molecule has 1 aliphatic rings. The molecule has 0 unspecified atom stereocenters. The highest BCUT2D eigenvalue weighted by Gasteiger charge is 2.17. The van der Waals surface area contributed by atoms with Crippen molar-refractivity contribution in [2.45, 2.75) is 6.54 Å². The molecule has 1 fully saturated rings. The van der Waals surface area contributed by atoms with Crippen LogP contribution in [0.3, 0.4) is 0 Å². The molecule has 2 heterocycles. The summed E-state index contributed by atoms with van der Waals surface area (Å²) in [6.45, 7) is 4.73. The van der Waals surface area contributed by atoms with E-state index in [0.29, 0.717) is 5.39 Å². The standard InChI is InChI=1S/C14H16N4O3/c19-14-12(18(20)21)2-1-11-7-10(8-16-13(11)14)9-17-5-3-15-4-6-17/h1-2,7-8,15,19H,3-6,9H2.